The molecule has 2 N–H and O–H groups in total. The Morgan fingerprint density at radius 1 is 0.878 bits per heavy atom. The monoisotopic (exact) mass is 556 g/mol. The molecule has 0 radical (unpaired) electrons. The van der Waals surface area contributed by atoms with Gasteiger partial charge < -0.3 is 29.4 Å². The maximum atomic E-state index is 12.8. The summed E-state index contributed by atoms with van der Waals surface area (Å²) in [6.45, 7) is 7.74. The van der Waals surface area contributed by atoms with E-state index in [0.717, 1.165) is 31.2 Å². The number of ether oxygens (including phenoxy) is 5. The van der Waals surface area contributed by atoms with Gasteiger partial charge in [0.1, 0.15) is 28.9 Å². The molecule has 3 aromatic carbocycles. The summed E-state index contributed by atoms with van der Waals surface area (Å²) in [7, 11) is 0. The number of nitriles is 1. The van der Waals surface area contributed by atoms with E-state index in [2.05, 4.69) is 13.0 Å². The minimum atomic E-state index is -0.514. The zero-order valence-corrected chi connectivity index (χ0v) is 23.8. The highest BCUT2D eigenvalue weighted by Gasteiger charge is 2.32. The largest absolute Gasteiger partial charge is 0.494 e. The van der Waals surface area contributed by atoms with E-state index in [0.29, 0.717) is 59.7 Å². The van der Waals surface area contributed by atoms with Crippen LogP contribution in [0, 0.1) is 11.3 Å². The number of hydrogen-bond donors (Lipinski definition) is 1. The van der Waals surface area contributed by atoms with Crippen LogP contribution in [0.25, 0.3) is 0 Å². The van der Waals surface area contributed by atoms with Crippen LogP contribution < -0.4 is 29.4 Å². The number of carbonyl (C=O) groups is 1. The molecular weight excluding hydrogens is 520 g/mol. The molecule has 0 bridgehead atoms. The highest BCUT2D eigenvalue weighted by molar-refractivity contribution is 5.91. The number of carbonyl (C=O) groups excluding carboxylic acids is 1. The van der Waals surface area contributed by atoms with Crippen LogP contribution in [0.3, 0.4) is 0 Å². The summed E-state index contributed by atoms with van der Waals surface area (Å²) < 4.78 is 28.8. The van der Waals surface area contributed by atoms with Gasteiger partial charge in [-0.15, -0.1) is 0 Å². The van der Waals surface area contributed by atoms with Crippen molar-refractivity contribution in [3.63, 3.8) is 0 Å². The van der Waals surface area contributed by atoms with E-state index in [1.54, 1.807) is 42.5 Å². The lowest BCUT2D eigenvalue weighted by Crippen LogP contribution is -2.21. The third-order valence-electron chi connectivity index (χ3n) is 6.57. The maximum Gasteiger partial charge on any atom is 0.343 e. The molecule has 0 aromatic heterocycles. The molecule has 3 aromatic rings. The molecule has 0 spiro atoms. The van der Waals surface area contributed by atoms with Crippen molar-refractivity contribution in [1.82, 2.24) is 0 Å². The summed E-state index contributed by atoms with van der Waals surface area (Å²) in [5.41, 5.74) is 8.37. The standard InChI is InChI=1S/C33H36N2O6/c1-4-7-8-18-38-24-12-9-22(10-13-24)33(36)40-25-14-15-26-29(20-25)41-32(35)27(21-34)31(26)23-11-16-28(39-17-5-2)30(19-23)37-6-3/h9-16,19-20,31H,4-8,17-18,35H2,1-3H3. The fourth-order valence-electron chi connectivity index (χ4n) is 4.54. The van der Waals surface area contributed by atoms with Gasteiger partial charge in [0.25, 0.3) is 0 Å². The second kappa shape index (κ2) is 14.1. The molecule has 1 atom stereocenters. The Labute approximate surface area is 241 Å². The molecule has 0 saturated carbocycles. The molecule has 1 aliphatic heterocycles. The molecule has 214 valence electrons. The van der Waals surface area contributed by atoms with Gasteiger partial charge >= 0.3 is 5.97 Å². The van der Waals surface area contributed by atoms with Crippen LogP contribution in [0.5, 0.6) is 28.7 Å². The van der Waals surface area contributed by atoms with Gasteiger partial charge in [0.15, 0.2) is 11.5 Å². The molecule has 0 aliphatic carbocycles. The normalized spacial score (nSPS) is 14.0. The number of hydrogen-bond acceptors (Lipinski definition) is 8. The van der Waals surface area contributed by atoms with Crippen molar-refractivity contribution in [2.24, 2.45) is 5.73 Å². The van der Waals surface area contributed by atoms with Gasteiger partial charge in [-0.1, -0.05) is 38.8 Å². The van der Waals surface area contributed by atoms with E-state index in [1.807, 2.05) is 32.0 Å². The number of nitrogens with two attached hydrogens (primary N) is 1. The molecule has 1 heterocycles. The van der Waals surface area contributed by atoms with Crippen LogP contribution in [0.2, 0.25) is 0 Å². The first-order valence-electron chi connectivity index (χ1n) is 14.0. The molecule has 8 heteroatoms. The number of allylic oxidation sites excluding steroid dienone is 1. The number of rotatable bonds is 13. The van der Waals surface area contributed by atoms with E-state index < -0.39 is 11.9 Å². The molecule has 0 amide bonds. The van der Waals surface area contributed by atoms with E-state index in [9.17, 15) is 10.1 Å². The van der Waals surface area contributed by atoms with Crippen molar-refractivity contribution in [3.05, 3.63) is 88.8 Å². The highest BCUT2D eigenvalue weighted by Crippen LogP contribution is 2.45. The molecule has 1 aliphatic rings. The van der Waals surface area contributed by atoms with Gasteiger partial charge in [-0.05, 0) is 67.8 Å². The van der Waals surface area contributed by atoms with Crippen molar-refractivity contribution in [2.45, 2.75) is 52.4 Å². The lowest BCUT2D eigenvalue weighted by atomic mass is 9.83. The third-order valence-corrected chi connectivity index (χ3v) is 6.57. The lowest BCUT2D eigenvalue weighted by molar-refractivity contribution is 0.0734. The van der Waals surface area contributed by atoms with Crippen LogP contribution in [-0.4, -0.2) is 25.8 Å². The fraction of sp³-hybridized carbons (Fsp3) is 0.333. The summed E-state index contributed by atoms with van der Waals surface area (Å²) in [6.07, 6.45) is 4.10. The van der Waals surface area contributed by atoms with Crippen molar-refractivity contribution >= 4 is 5.97 Å². The minimum Gasteiger partial charge on any atom is -0.494 e. The van der Waals surface area contributed by atoms with Crippen LogP contribution >= 0.6 is 0 Å². The smallest absolute Gasteiger partial charge is 0.343 e. The zero-order chi connectivity index (χ0) is 29.2. The third kappa shape index (κ3) is 7.12. The topological polar surface area (TPSA) is 113 Å². The SMILES string of the molecule is CCCCCOc1ccc(C(=O)Oc2ccc3c(c2)OC(N)=C(C#N)C3c2ccc(OCCC)c(OCC)c2)cc1. The lowest BCUT2D eigenvalue weighted by Gasteiger charge is -2.27. The molecule has 8 nitrogen and oxygen atoms in total. The van der Waals surface area contributed by atoms with Crippen molar-refractivity contribution < 1.29 is 28.5 Å². The number of nitrogens with zero attached hydrogens (tertiary/aromatic N) is 1. The highest BCUT2D eigenvalue weighted by atomic mass is 16.5. The van der Waals surface area contributed by atoms with Crippen LogP contribution in [0.1, 0.15) is 73.9 Å². The van der Waals surface area contributed by atoms with Gasteiger partial charge in [-0.2, -0.15) is 5.26 Å². The van der Waals surface area contributed by atoms with Gasteiger partial charge in [0.05, 0.1) is 31.3 Å². The quantitative estimate of drug-likeness (QED) is 0.138. The molecule has 0 fully saturated rings. The van der Waals surface area contributed by atoms with E-state index in [4.69, 9.17) is 29.4 Å². The van der Waals surface area contributed by atoms with Gasteiger partial charge in [-0.25, -0.2) is 4.79 Å². The second-order valence-electron chi connectivity index (χ2n) is 9.58. The predicted molar refractivity (Wildman–Crippen MR) is 156 cm³/mol. The van der Waals surface area contributed by atoms with Crippen molar-refractivity contribution in [3.8, 4) is 34.8 Å². The van der Waals surface area contributed by atoms with Gasteiger partial charge in [0.2, 0.25) is 5.88 Å². The summed E-state index contributed by atoms with van der Waals surface area (Å²) in [4.78, 5) is 12.8. The molecule has 41 heavy (non-hydrogen) atoms. The molecule has 1 unspecified atom stereocenters. The second-order valence-corrected chi connectivity index (χ2v) is 9.58. The first kappa shape index (κ1) is 29.3. The number of fused-ring (bicyclic) bond motifs is 1. The Hall–Kier alpha value is -4.64. The Bertz CT molecular complexity index is 1420. The molecule has 4 rings (SSSR count). The average molecular weight is 557 g/mol. The van der Waals surface area contributed by atoms with Gasteiger partial charge in [-0.3, -0.25) is 0 Å². The summed E-state index contributed by atoms with van der Waals surface area (Å²) in [5.74, 6) is 1.60. The summed E-state index contributed by atoms with van der Waals surface area (Å²) in [6, 6.07) is 19.7. The Morgan fingerprint density at radius 2 is 1.66 bits per heavy atom. The number of unbranched alkanes of at least 4 members (excludes halogenated alkanes) is 2. The van der Waals surface area contributed by atoms with Crippen molar-refractivity contribution in [1.29, 1.82) is 5.26 Å². The zero-order valence-electron chi connectivity index (χ0n) is 23.8. The van der Waals surface area contributed by atoms with Crippen LogP contribution in [-0.2, 0) is 0 Å². The number of esters is 1. The van der Waals surface area contributed by atoms with Crippen LogP contribution in [0.15, 0.2) is 72.1 Å². The van der Waals surface area contributed by atoms with Crippen molar-refractivity contribution in [2.75, 3.05) is 19.8 Å². The van der Waals surface area contributed by atoms with Crippen LogP contribution in [0.4, 0.5) is 0 Å². The first-order valence-corrected chi connectivity index (χ1v) is 14.0. The molecule has 0 saturated heterocycles. The van der Waals surface area contributed by atoms with E-state index in [1.165, 1.54) is 0 Å². The average Bonchev–Trinajstić information content (AvgIpc) is 2.98. The fourth-order valence-corrected chi connectivity index (χ4v) is 4.54. The van der Waals surface area contributed by atoms with Gasteiger partial charge in [0, 0.05) is 11.6 Å². The predicted octanol–water partition coefficient (Wildman–Crippen LogP) is 6.88. The minimum absolute atomic E-state index is 0.00716. The van der Waals surface area contributed by atoms with E-state index in [-0.39, 0.29) is 11.5 Å². The Morgan fingerprint density at radius 3 is 2.37 bits per heavy atom. The number of benzene rings is 3. The van der Waals surface area contributed by atoms with E-state index >= 15 is 0 Å². The Balaban J connectivity index is 1.56. The first-order chi connectivity index (χ1) is 20.0. The Kier molecular flexibility index (Phi) is 10.1. The summed E-state index contributed by atoms with van der Waals surface area (Å²) >= 11 is 0. The molecular formula is C33H36N2O6. The maximum absolute atomic E-state index is 12.8. The summed E-state index contributed by atoms with van der Waals surface area (Å²) in [5, 5.41) is 9.95.